The summed E-state index contributed by atoms with van der Waals surface area (Å²) >= 11 is 0. The summed E-state index contributed by atoms with van der Waals surface area (Å²) in [5.41, 5.74) is 0.967. The minimum absolute atomic E-state index is 0.0737. The molecule has 34 heavy (non-hydrogen) atoms. The molecule has 0 unspecified atom stereocenters. The molecule has 0 bridgehead atoms. The van der Waals surface area contributed by atoms with Gasteiger partial charge in [-0.1, -0.05) is 48.5 Å². The summed E-state index contributed by atoms with van der Waals surface area (Å²) in [6.07, 6.45) is 2.41. The topological polar surface area (TPSA) is 71.1 Å². The fraction of sp³-hybridized carbons (Fsp3) is 0.222. The molecule has 0 fully saturated rings. The molecule has 1 aliphatic rings. The monoisotopic (exact) mass is 478 g/mol. The molecule has 0 radical (unpaired) electrons. The zero-order chi connectivity index (χ0) is 24.2. The smallest absolute Gasteiger partial charge is 0.456 e. The highest BCUT2D eigenvalue weighted by Crippen LogP contribution is 2.54. The Hall–Kier alpha value is -3.50. The van der Waals surface area contributed by atoms with Gasteiger partial charge in [-0.05, 0) is 68.8 Å². The Morgan fingerprint density at radius 2 is 1.29 bits per heavy atom. The highest BCUT2D eigenvalue weighted by atomic mass is 31.2. The van der Waals surface area contributed by atoms with Crippen LogP contribution in [0.1, 0.15) is 49.0 Å². The average Bonchev–Trinajstić information content (AvgIpc) is 2.76. The summed E-state index contributed by atoms with van der Waals surface area (Å²) in [4.78, 5) is 12.2. The molecule has 0 saturated carbocycles. The summed E-state index contributed by atoms with van der Waals surface area (Å²) in [5, 5.41) is 0. The van der Waals surface area contributed by atoms with E-state index in [0.29, 0.717) is 29.2 Å². The molecule has 4 rings (SSSR count). The van der Waals surface area contributed by atoms with E-state index < -0.39 is 13.4 Å². The van der Waals surface area contributed by atoms with Crippen LogP contribution in [0.5, 0.6) is 11.5 Å². The largest absolute Gasteiger partial charge is 0.646 e. The van der Waals surface area contributed by atoms with E-state index in [2.05, 4.69) is 0 Å². The first kappa shape index (κ1) is 23.7. The number of rotatable bonds is 8. The zero-order valence-corrected chi connectivity index (χ0v) is 20.2. The molecule has 0 aromatic heterocycles. The van der Waals surface area contributed by atoms with Crippen molar-refractivity contribution in [3.8, 4) is 11.5 Å². The molecule has 0 amide bonds. The first-order valence-corrected chi connectivity index (χ1v) is 12.5. The molecule has 176 valence electrons. The SMILES string of the molecule is CC(C)(C)OC(=O)c1ccc([C@H]2C=C(OP(=O)(Oc3ccccc3)Oc3ccccc3)C2)cc1. The molecule has 6 nitrogen and oxygen atoms in total. The number of carbonyl (C=O) groups excluding carboxylic acids is 1. The molecule has 1 atom stereocenters. The third-order valence-electron chi connectivity index (χ3n) is 4.93. The van der Waals surface area contributed by atoms with Gasteiger partial charge in [0.15, 0.2) is 0 Å². The van der Waals surface area contributed by atoms with E-state index in [-0.39, 0.29) is 11.9 Å². The van der Waals surface area contributed by atoms with Crippen LogP contribution in [0.25, 0.3) is 0 Å². The van der Waals surface area contributed by atoms with Crippen LogP contribution in [0.3, 0.4) is 0 Å². The lowest BCUT2D eigenvalue weighted by molar-refractivity contribution is 0.00694. The van der Waals surface area contributed by atoms with E-state index in [0.717, 1.165) is 5.56 Å². The lowest BCUT2D eigenvalue weighted by Crippen LogP contribution is -2.23. The Bertz CT molecular complexity index is 1150. The fourth-order valence-corrected chi connectivity index (χ4v) is 4.61. The molecule has 0 aliphatic heterocycles. The molecule has 0 spiro atoms. The van der Waals surface area contributed by atoms with Gasteiger partial charge in [0.05, 0.1) is 5.56 Å². The van der Waals surface area contributed by atoms with Crippen molar-refractivity contribution in [2.24, 2.45) is 0 Å². The minimum Gasteiger partial charge on any atom is -0.456 e. The molecular weight excluding hydrogens is 451 g/mol. The standard InChI is InChI=1S/C27H27O6P/c1-27(2,3)30-26(28)21-16-14-20(15-17-21)22-18-25(19-22)33-34(29,31-23-10-6-4-7-11-23)32-24-12-8-5-9-13-24/h4-18,22H,19H2,1-3H3/t22-/m0/s1. The van der Waals surface area contributed by atoms with Crippen molar-refractivity contribution in [2.45, 2.75) is 38.7 Å². The lowest BCUT2D eigenvalue weighted by atomic mass is 9.86. The van der Waals surface area contributed by atoms with Crippen LogP contribution in [0.2, 0.25) is 0 Å². The van der Waals surface area contributed by atoms with Gasteiger partial charge in [-0.3, -0.25) is 0 Å². The number of hydrogen-bond donors (Lipinski definition) is 0. The van der Waals surface area contributed by atoms with Gasteiger partial charge in [-0.25, -0.2) is 4.79 Å². The first-order chi connectivity index (χ1) is 16.2. The second kappa shape index (κ2) is 9.78. The number of esters is 1. The van der Waals surface area contributed by atoms with Gasteiger partial charge < -0.3 is 18.3 Å². The minimum atomic E-state index is -3.97. The molecule has 1 aliphatic carbocycles. The van der Waals surface area contributed by atoms with Gasteiger partial charge in [0, 0.05) is 12.3 Å². The Balaban J connectivity index is 1.45. The van der Waals surface area contributed by atoms with Crippen molar-refractivity contribution in [1.29, 1.82) is 0 Å². The number of para-hydroxylation sites is 2. The van der Waals surface area contributed by atoms with Gasteiger partial charge >= 0.3 is 13.8 Å². The quantitative estimate of drug-likeness (QED) is 0.250. The van der Waals surface area contributed by atoms with E-state index >= 15 is 0 Å². The van der Waals surface area contributed by atoms with Gasteiger partial charge in [-0.15, -0.1) is 0 Å². The number of carbonyl (C=O) groups is 1. The average molecular weight is 478 g/mol. The third-order valence-corrected chi connectivity index (χ3v) is 6.26. The predicted molar refractivity (Wildman–Crippen MR) is 130 cm³/mol. The maximum atomic E-state index is 13.5. The van der Waals surface area contributed by atoms with E-state index in [1.54, 1.807) is 60.7 Å². The Kier molecular flexibility index (Phi) is 6.80. The highest BCUT2D eigenvalue weighted by molar-refractivity contribution is 7.49. The molecule has 3 aromatic rings. The number of phosphoric ester groups is 1. The summed E-state index contributed by atoms with van der Waals surface area (Å²) < 4.78 is 35.9. The van der Waals surface area contributed by atoms with Crippen LogP contribution in [0.15, 0.2) is 96.8 Å². The summed E-state index contributed by atoms with van der Waals surface area (Å²) in [7, 11) is -3.97. The normalized spacial score (nSPS) is 15.5. The molecule has 0 saturated heterocycles. The maximum Gasteiger partial charge on any atom is 0.646 e. The van der Waals surface area contributed by atoms with Gasteiger partial charge in [0.2, 0.25) is 0 Å². The molecule has 3 aromatic carbocycles. The molecule has 7 heteroatoms. The number of hydrogen-bond acceptors (Lipinski definition) is 6. The van der Waals surface area contributed by atoms with Crippen molar-refractivity contribution in [3.63, 3.8) is 0 Å². The van der Waals surface area contributed by atoms with Crippen molar-refractivity contribution >= 4 is 13.8 Å². The molecule has 0 N–H and O–H groups in total. The van der Waals surface area contributed by atoms with E-state index in [1.807, 2.05) is 51.1 Å². The zero-order valence-electron chi connectivity index (χ0n) is 19.3. The predicted octanol–water partition coefficient (Wildman–Crippen LogP) is 7.30. The second-order valence-electron chi connectivity index (χ2n) is 8.91. The third kappa shape index (κ3) is 6.30. The fourth-order valence-electron chi connectivity index (χ4n) is 3.31. The van der Waals surface area contributed by atoms with E-state index in [4.69, 9.17) is 18.3 Å². The maximum absolute atomic E-state index is 13.5. The number of benzene rings is 3. The summed E-state index contributed by atoms with van der Waals surface area (Å²) in [6.45, 7) is 5.50. The molecule has 0 heterocycles. The lowest BCUT2D eigenvalue weighted by Gasteiger charge is -2.28. The Morgan fingerprint density at radius 3 is 1.76 bits per heavy atom. The van der Waals surface area contributed by atoms with Crippen LogP contribution in [0, 0.1) is 0 Å². The van der Waals surface area contributed by atoms with Gasteiger partial charge in [-0.2, -0.15) is 4.57 Å². The van der Waals surface area contributed by atoms with Crippen LogP contribution in [-0.4, -0.2) is 11.6 Å². The van der Waals surface area contributed by atoms with Gasteiger partial charge in [0.1, 0.15) is 22.9 Å². The Morgan fingerprint density at radius 1 is 0.794 bits per heavy atom. The van der Waals surface area contributed by atoms with Crippen molar-refractivity contribution in [1.82, 2.24) is 0 Å². The van der Waals surface area contributed by atoms with Crippen LogP contribution >= 0.6 is 7.82 Å². The Labute approximate surface area is 199 Å². The number of allylic oxidation sites excluding steroid dienone is 2. The number of ether oxygens (including phenoxy) is 1. The van der Waals surface area contributed by atoms with Gasteiger partial charge in [0.25, 0.3) is 0 Å². The van der Waals surface area contributed by atoms with Crippen LogP contribution < -0.4 is 9.05 Å². The second-order valence-corrected chi connectivity index (χ2v) is 10.4. The van der Waals surface area contributed by atoms with E-state index in [9.17, 15) is 9.36 Å². The van der Waals surface area contributed by atoms with Crippen molar-refractivity contribution in [3.05, 3.63) is 108 Å². The summed E-state index contributed by atoms with van der Waals surface area (Å²) in [6, 6.07) is 24.8. The van der Waals surface area contributed by atoms with Crippen molar-refractivity contribution in [2.75, 3.05) is 0 Å². The summed E-state index contributed by atoms with van der Waals surface area (Å²) in [5.74, 6) is 1.01. The first-order valence-electron chi connectivity index (χ1n) is 11.0. The number of phosphoric acid groups is 1. The van der Waals surface area contributed by atoms with Crippen LogP contribution in [-0.2, 0) is 13.8 Å². The van der Waals surface area contributed by atoms with Crippen molar-refractivity contribution < 1.29 is 27.7 Å². The highest BCUT2D eigenvalue weighted by Gasteiger charge is 2.37. The molecular formula is C27H27O6P. The van der Waals surface area contributed by atoms with Crippen LogP contribution in [0.4, 0.5) is 0 Å². The van der Waals surface area contributed by atoms with E-state index in [1.165, 1.54) is 0 Å².